The summed E-state index contributed by atoms with van der Waals surface area (Å²) in [6.07, 6.45) is 3.64. The number of hydrogen-bond donors (Lipinski definition) is 0. The summed E-state index contributed by atoms with van der Waals surface area (Å²) in [4.78, 5) is 14.5. The Kier molecular flexibility index (Phi) is 4.13. The molecule has 0 fully saturated rings. The summed E-state index contributed by atoms with van der Waals surface area (Å²) >= 11 is 0. The summed E-state index contributed by atoms with van der Waals surface area (Å²) < 4.78 is 5.40. The van der Waals surface area contributed by atoms with Gasteiger partial charge in [-0.1, -0.05) is 0 Å². The molecule has 0 N–H and O–H groups in total. The number of likely N-dealkylation sites (N-methyl/N-ethyl adjacent to an activating group) is 1. The zero-order chi connectivity index (χ0) is 17.4. The SMILES string of the molecule is CCn1nccc1CN(C)C(=O)[C@H](C)n1cc2c(n1)c(C)nn2C. The van der Waals surface area contributed by atoms with Gasteiger partial charge in [-0.15, -0.1) is 0 Å². The molecule has 1 atom stereocenters. The van der Waals surface area contributed by atoms with Gasteiger partial charge in [0.25, 0.3) is 0 Å². The molecule has 8 nitrogen and oxygen atoms in total. The predicted octanol–water partition coefficient (Wildman–Crippen LogP) is 1.51. The molecule has 0 saturated carbocycles. The van der Waals surface area contributed by atoms with E-state index in [4.69, 9.17) is 0 Å². The summed E-state index contributed by atoms with van der Waals surface area (Å²) in [5.74, 6) is 0.0114. The Morgan fingerprint density at radius 2 is 2.12 bits per heavy atom. The minimum absolute atomic E-state index is 0.0114. The molecule has 128 valence electrons. The third kappa shape index (κ3) is 2.68. The monoisotopic (exact) mass is 329 g/mol. The smallest absolute Gasteiger partial charge is 0.247 e. The maximum atomic E-state index is 12.8. The average Bonchev–Trinajstić information content (AvgIpc) is 3.24. The van der Waals surface area contributed by atoms with Crippen molar-refractivity contribution in [2.24, 2.45) is 7.05 Å². The maximum Gasteiger partial charge on any atom is 0.247 e. The molecule has 3 rings (SSSR count). The Bertz CT molecular complexity index is 838. The summed E-state index contributed by atoms with van der Waals surface area (Å²) in [5.41, 5.74) is 3.65. The van der Waals surface area contributed by atoms with Crippen LogP contribution in [-0.2, 0) is 24.9 Å². The molecule has 0 aliphatic rings. The first-order valence-electron chi connectivity index (χ1n) is 8.06. The second-order valence-electron chi connectivity index (χ2n) is 6.06. The number of nitrogens with zero attached hydrogens (tertiary/aromatic N) is 7. The van der Waals surface area contributed by atoms with Gasteiger partial charge in [0.15, 0.2) is 0 Å². The lowest BCUT2D eigenvalue weighted by molar-refractivity contribution is -0.133. The van der Waals surface area contributed by atoms with Crippen LogP contribution in [0.3, 0.4) is 0 Å². The van der Waals surface area contributed by atoms with E-state index in [-0.39, 0.29) is 11.9 Å². The van der Waals surface area contributed by atoms with Crippen LogP contribution in [0.2, 0.25) is 0 Å². The maximum absolute atomic E-state index is 12.8. The molecule has 0 unspecified atom stereocenters. The van der Waals surface area contributed by atoms with Crippen LogP contribution in [0.15, 0.2) is 18.5 Å². The van der Waals surface area contributed by atoms with Crippen LogP contribution in [0.5, 0.6) is 0 Å². The first kappa shape index (κ1) is 16.2. The van der Waals surface area contributed by atoms with Gasteiger partial charge in [-0.3, -0.25) is 18.8 Å². The van der Waals surface area contributed by atoms with Gasteiger partial charge in [0.1, 0.15) is 17.1 Å². The van der Waals surface area contributed by atoms with Crippen molar-refractivity contribution in [2.45, 2.75) is 39.9 Å². The number of rotatable bonds is 5. The van der Waals surface area contributed by atoms with Gasteiger partial charge in [0.2, 0.25) is 5.91 Å². The fraction of sp³-hybridized carbons (Fsp3) is 0.500. The van der Waals surface area contributed by atoms with E-state index in [1.807, 2.05) is 51.8 Å². The van der Waals surface area contributed by atoms with Crippen LogP contribution in [0.25, 0.3) is 11.0 Å². The molecule has 24 heavy (non-hydrogen) atoms. The normalized spacial score (nSPS) is 12.7. The second-order valence-corrected chi connectivity index (χ2v) is 6.06. The van der Waals surface area contributed by atoms with E-state index in [1.165, 1.54) is 0 Å². The number of aromatic nitrogens is 6. The Morgan fingerprint density at radius 1 is 1.38 bits per heavy atom. The highest BCUT2D eigenvalue weighted by Gasteiger charge is 2.22. The molecule has 0 bridgehead atoms. The summed E-state index contributed by atoms with van der Waals surface area (Å²) in [7, 11) is 3.69. The van der Waals surface area contributed by atoms with E-state index in [2.05, 4.69) is 15.3 Å². The quantitative estimate of drug-likeness (QED) is 0.711. The molecule has 0 aliphatic carbocycles. The zero-order valence-corrected chi connectivity index (χ0v) is 14.8. The van der Waals surface area contributed by atoms with E-state index in [9.17, 15) is 4.79 Å². The highest BCUT2D eigenvalue weighted by Crippen LogP contribution is 2.19. The summed E-state index contributed by atoms with van der Waals surface area (Å²) in [5, 5.41) is 13.1. The molecule has 1 amide bonds. The van der Waals surface area contributed by atoms with E-state index in [0.717, 1.165) is 29.0 Å². The van der Waals surface area contributed by atoms with E-state index in [0.29, 0.717) is 6.54 Å². The van der Waals surface area contributed by atoms with Gasteiger partial charge < -0.3 is 4.90 Å². The Morgan fingerprint density at radius 3 is 2.79 bits per heavy atom. The number of hydrogen-bond acceptors (Lipinski definition) is 4. The number of carbonyl (C=O) groups excluding carboxylic acids is 1. The van der Waals surface area contributed by atoms with Crippen molar-refractivity contribution < 1.29 is 4.79 Å². The zero-order valence-electron chi connectivity index (χ0n) is 14.8. The minimum Gasteiger partial charge on any atom is -0.338 e. The number of fused-ring (bicyclic) bond motifs is 1. The molecule has 8 heteroatoms. The van der Waals surface area contributed by atoms with Crippen LogP contribution < -0.4 is 0 Å². The molecule has 0 spiro atoms. The van der Waals surface area contributed by atoms with Gasteiger partial charge in [-0.2, -0.15) is 15.3 Å². The lowest BCUT2D eigenvalue weighted by atomic mass is 10.3. The van der Waals surface area contributed by atoms with Crippen molar-refractivity contribution in [1.29, 1.82) is 0 Å². The van der Waals surface area contributed by atoms with Crippen LogP contribution in [0, 0.1) is 6.92 Å². The van der Waals surface area contributed by atoms with E-state index >= 15 is 0 Å². The fourth-order valence-electron chi connectivity index (χ4n) is 2.93. The standard InChI is InChI=1S/C16H23N7O/c1-6-22-13(7-8-17-22)9-20(4)16(24)12(3)23-10-14-15(19-23)11(2)18-21(14)5/h7-8,10,12H,6,9H2,1-5H3/t12-/m0/s1. The molecule has 0 aromatic carbocycles. The second kappa shape index (κ2) is 6.10. The van der Waals surface area contributed by atoms with Gasteiger partial charge in [-0.05, 0) is 26.8 Å². The molecule has 3 heterocycles. The number of aryl methyl sites for hydroxylation is 3. The van der Waals surface area contributed by atoms with Crippen molar-refractivity contribution in [1.82, 2.24) is 34.2 Å². The topological polar surface area (TPSA) is 73.8 Å². The summed E-state index contributed by atoms with van der Waals surface area (Å²) in [6, 6.07) is 1.56. The minimum atomic E-state index is -0.375. The van der Waals surface area contributed by atoms with Gasteiger partial charge >= 0.3 is 0 Å². The Balaban J connectivity index is 1.78. The van der Waals surface area contributed by atoms with Crippen LogP contribution in [0.1, 0.15) is 31.3 Å². The molecular formula is C16H23N7O. The molecule has 0 aliphatic heterocycles. The third-order valence-electron chi connectivity index (χ3n) is 4.34. The van der Waals surface area contributed by atoms with Crippen molar-refractivity contribution in [2.75, 3.05) is 7.05 Å². The Hall–Kier alpha value is -2.64. The van der Waals surface area contributed by atoms with Crippen LogP contribution in [0.4, 0.5) is 0 Å². The number of carbonyl (C=O) groups is 1. The highest BCUT2D eigenvalue weighted by atomic mass is 16.2. The average molecular weight is 329 g/mol. The lowest BCUT2D eigenvalue weighted by Crippen LogP contribution is -2.33. The van der Waals surface area contributed by atoms with Crippen LogP contribution in [-0.4, -0.2) is 47.2 Å². The fourth-order valence-corrected chi connectivity index (χ4v) is 2.93. The lowest BCUT2D eigenvalue weighted by Gasteiger charge is -2.22. The van der Waals surface area contributed by atoms with Gasteiger partial charge in [-0.25, -0.2) is 0 Å². The molecular weight excluding hydrogens is 306 g/mol. The van der Waals surface area contributed by atoms with Crippen molar-refractivity contribution in [3.05, 3.63) is 29.8 Å². The first-order valence-corrected chi connectivity index (χ1v) is 8.06. The van der Waals surface area contributed by atoms with Crippen molar-refractivity contribution >= 4 is 16.9 Å². The van der Waals surface area contributed by atoms with Crippen molar-refractivity contribution in [3.63, 3.8) is 0 Å². The van der Waals surface area contributed by atoms with Crippen LogP contribution >= 0.6 is 0 Å². The van der Waals surface area contributed by atoms with Gasteiger partial charge in [0, 0.05) is 26.8 Å². The summed E-state index contributed by atoms with van der Waals surface area (Å²) in [6.45, 7) is 7.14. The third-order valence-corrected chi connectivity index (χ3v) is 4.34. The van der Waals surface area contributed by atoms with Gasteiger partial charge in [0.05, 0.1) is 24.1 Å². The molecule has 3 aromatic rings. The predicted molar refractivity (Wildman–Crippen MR) is 90.3 cm³/mol. The van der Waals surface area contributed by atoms with E-state index in [1.54, 1.807) is 20.5 Å². The Labute approximate surface area is 140 Å². The molecule has 0 radical (unpaired) electrons. The molecule has 0 saturated heterocycles. The largest absolute Gasteiger partial charge is 0.338 e. The number of amides is 1. The van der Waals surface area contributed by atoms with Crippen molar-refractivity contribution in [3.8, 4) is 0 Å². The first-order chi connectivity index (χ1) is 11.4. The van der Waals surface area contributed by atoms with E-state index < -0.39 is 0 Å². The molecule has 3 aromatic heterocycles. The highest BCUT2D eigenvalue weighted by molar-refractivity contribution is 5.81.